The average Bonchev–Trinajstić information content (AvgIpc) is 2.50. The molecule has 0 unspecified atom stereocenters. The van der Waals surface area contributed by atoms with Crippen LogP contribution >= 0.6 is 27.5 Å². The molecule has 2 aromatic carbocycles. The van der Waals surface area contributed by atoms with Crippen molar-refractivity contribution in [1.82, 2.24) is 5.32 Å². The van der Waals surface area contributed by atoms with Crippen molar-refractivity contribution in [3.8, 4) is 5.75 Å². The third-order valence-electron chi connectivity index (χ3n) is 3.32. The zero-order valence-electron chi connectivity index (χ0n) is 13.0. The van der Waals surface area contributed by atoms with Crippen molar-refractivity contribution < 1.29 is 9.53 Å². The molecule has 0 aliphatic carbocycles. The first-order valence-electron chi connectivity index (χ1n) is 7.13. The predicted molar refractivity (Wildman–Crippen MR) is 97.6 cm³/mol. The average molecular weight is 398 g/mol. The molecular weight excluding hydrogens is 380 g/mol. The molecule has 2 aromatic rings. The van der Waals surface area contributed by atoms with E-state index in [0.717, 1.165) is 22.0 Å². The quantitative estimate of drug-likeness (QED) is 0.762. The lowest BCUT2D eigenvalue weighted by molar-refractivity contribution is 0.252. The highest BCUT2D eigenvalue weighted by Gasteiger charge is 2.10. The largest absolute Gasteiger partial charge is 0.495 e. The van der Waals surface area contributed by atoms with Gasteiger partial charge in [-0.15, -0.1) is 0 Å². The van der Waals surface area contributed by atoms with Crippen molar-refractivity contribution in [3.63, 3.8) is 0 Å². The molecule has 0 spiro atoms. The summed E-state index contributed by atoms with van der Waals surface area (Å²) in [6, 6.07) is 11.2. The van der Waals surface area contributed by atoms with E-state index in [1.54, 1.807) is 12.1 Å². The molecule has 0 saturated heterocycles. The summed E-state index contributed by atoms with van der Waals surface area (Å²) in [5.41, 5.74) is 2.62. The Bertz CT molecular complexity index is 707. The number of halogens is 2. The number of hydrogen-bond donors (Lipinski definition) is 2. The van der Waals surface area contributed by atoms with Gasteiger partial charge in [-0.05, 0) is 42.7 Å². The number of methoxy groups -OCH3 is 1. The molecule has 6 heteroatoms. The standard InChI is InChI=1S/C17H18BrClN2O2/c1-11-8-15(16(23-2)10-14(11)19)21-17(22)20-7-6-12-4-3-5-13(18)9-12/h3-5,8-10H,6-7H2,1-2H3,(H2,20,21,22). The minimum Gasteiger partial charge on any atom is -0.495 e. The third-order valence-corrected chi connectivity index (χ3v) is 4.22. The minimum atomic E-state index is -0.278. The molecule has 0 bridgehead atoms. The van der Waals surface area contributed by atoms with Crippen molar-refractivity contribution in [2.75, 3.05) is 19.0 Å². The van der Waals surface area contributed by atoms with E-state index in [2.05, 4.69) is 26.6 Å². The zero-order valence-corrected chi connectivity index (χ0v) is 15.3. The summed E-state index contributed by atoms with van der Waals surface area (Å²) in [5, 5.41) is 6.21. The van der Waals surface area contributed by atoms with Gasteiger partial charge in [0, 0.05) is 22.1 Å². The Labute approximate surface area is 149 Å². The summed E-state index contributed by atoms with van der Waals surface area (Å²) in [4.78, 5) is 12.0. The maximum Gasteiger partial charge on any atom is 0.319 e. The van der Waals surface area contributed by atoms with Crippen LogP contribution in [0.3, 0.4) is 0 Å². The van der Waals surface area contributed by atoms with Crippen LogP contribution in [0.2, 0.25) is 5.02 Å². The molecule has 122 valence electrons. The topological polar surface area (TPSA) is 50.4 Å². The summed E-state index contributed by atoms with van der Waals surface area (Å²) in [6.07, 6.45) is 0.754. The van der Waals surface area contributed by atoms with Gasteiger partial charge < -0.3 is 15.4 Å². The van der Waals surface area contributed by atoms with E-state index in [1.165, 1.54) is 7.11 Å². The van der Waals surface area contributed by atoms with Crippen LogP contribution in [0.15, 0.2) is 40.9 Å². The highest BCUT2D eigenvalue weighted by Crippen LogP contribution is 2.30. The van der Waals surface area contributed by atoms with Crippen molar-refractivity contribution in [2.24, 2.45) is 0 Å². The molecule has 0 heterocycles. The lowest BCUT2D eigenvalue weighted by atomic mass is 10.1. The van der Waals surface area contributed by atoms with Gasteiger partial charge in [0.25, 0.3) is 0 Å². The highest BCUT2D eigenvalue weighted by atomic mass is 79.9. The Morgan fingerprint density at radius 3 is 2.78 bits per heavy atom. The monoisotopic (exact) mass is 396 g/mol. The number of aryl methyl sites for hydroxylation is 1. The number of carbonyl (C=O) groups excluding carboxylic acids is 1. The van der Waals surface area contributed by atoms with Crippen LogP contribution in [0.5, 0.6) is 5.75 Å². The van der Waals surface area contributed by atoms with Gasteiger partial charge in [0.1, 0.15) is 5.75 Å². The van der Waals surface area contributed by atoms with Crippen molar-refractivity contribution in [3.05, 3.63) is 57.0 Å². The summed E-state index contributed by atoms with van der Waals surface area (Å²) in [6.45, 7) is 2.41. The maximum atomic E-state index is 12.0. The number of anilines is 1. The molecule has 0 radical (unpaired) electrons. The minimum absolute atomic E-state index is 0.278. The Morgan fingerprint density at radius 2 is 2.09 bits per heavy atom. The Kier molecular flexibility index (Phi) is 6.30. The SMILES string of the molecule is COc1cc(Cl)c(C)cc1NC(=O)NCCc1cccc(Br)c1. The number of hydrogen-bond acceptors (Lipinski definition) is 2. The van der Waals surface area contributed by atoms with Crippen LogP contribution in [0.4, 0.5) is 10.5 Å². The first kappa shape index (κ1) is 17.6. The number of nitrogens with one attached hydrogen (secondary N) is 2. The lowest BCUT2D eigenvalue weighted by Gasteiger charge is -2.13. The normalized spacial score (nSPS) is 10.3. The van der Waals surface area contributed by atoms with Gasteiger partial charge in [-0.3, -0.25) is 0 Å². The molecule has 0 saturated carbocycles. The van der Waals surface area contributed by atoms with Crippen molar-refractivity contribution in [1.29, 1.82) is 0 Å². The van der Waals surface area contributed by atoms with E-state index in [9.17, 15) is 4.79 Å². The van der Waals surface area contributed by atoms with Crippen LogP contribution in [0, 0.1) is 6.92 Å². The number of rotatable bonds is 5. The van der Waals surface area contributed by atoms with E-state index in [4.69, 9.17) is 16.3 Å². The Hall–Kier alpha value is -1.72. The number of amides is 2. The maximum absolute atomic E-state index is 12.0. The number of urea groups is 1. The van der Waals surface area contributed by atoms with Gasteiger partial charge in [-0.1, -0.05) is 39.7 Å². The molecule has 0 atom stereocenters. The fourth-order valence-electron chi connectivity index (χ4n) is 2.11. The summed E-state index contributed by atoms with van der Waals surface area (Å²) >= 11 is 9.48. The van der Waals surface area contributed by atoms with Crippen LogP contribution in [-0.4, -0.2) is 19.7 Å². The van der Waals surface area contributed by atoms with E-state index in [1.807, 2.05) is 31.2 Å². The predicted octanol–water partition coefficient (Wildman–Crippen LogP) is 4.78. The van der Waals surface area contributed by atoms with E-state index in [-0.39, 0.29) is 6.03 Å². The second-order valence-corrected chi connectivity index (χ2v) is 6.39. The Balaban J connectivity index is 1.91. The van der Waals surface area contributed by atoms with E-state index >= 15 is 0 Å². The molecule has 0 aromatic heterocycles. The van der Waals surface area contributed by atoms with Crippen molar-refractivity contribution >= 4 is 39.2 Å². The van der Waals surface area contributed by atoms with Gasteiger partial charge in [0.05, 0.1) is 12.8 Å². The van der Waals surface area contributed by atoms with Crippen LogP contribution in [-0.2, 0) is 6.42 Å². The molecule has 2 N–H and O–H groups in total. The van der Waals surface area contributed by atoms with Crippen LogP contribution in [0.1, 0.15) is 11.1 Å². The number of ether oxygens (including phenoxy) is 1. The Morgan fingerprint density at radius 1 is 1.30 bits per heavy atom. The second-order valence-electron chi connectivity index (χ2n) is 5.06. The molecular formula is C17H18BrClN2O2. The first-order chi connectivity index (χ1) is 11.0. The molecule has 4 nitrogen and oxygen atoms in total. The number of benzene rings is 2. The molecule has 2 rings (SSSR count). The van der Waals surface area contributed by atoms with Gasteiger partial charge in [0.15, 0.2) is 0 Å². The van der Waals surface area contributed by atoms with Gasteiger partial charge in [0.2, 0.25) is 0 Å². The molecule has 0 fully saturated rings. The highest BCUT2D eigenvalue weighted by molar-refractivity contribution is 9.10. The first-order valence-corrected chi connectivity index (χ1v) is 8.30. The molecule has 23 heavy (non-hydrogen) atoms. The lowest BCUT2D eigenvalue weighted by Crippen LogP contribution is -2.30. The smallest absolute Gasteiger partial charge is 0.319 e. The fraction of sp³-hybridized carbons (Fsp3) is 0.235. The molecule has 0 aliphatic heterocycles. The van der Waals surface area contributed by atoms with Gasteiger partial charge in [-0.2, -0.15) is 0 Å². The van der Waals surface area contributed by atoms with Gasteiger partial charge >= 0.3 is 6.03 Å². The zero-order chi connectivity index (χ0) is 16.8. The molecule has 2 amide bonds. The number of carbonyl (C=O) groups is 1. The third kappa shape index (κ3) is 5.15. The summed E-state index contributed by atoms with van der Waals surface area (Å²) < 4.78 is 6.27. The molecule has 0 aliphatic rings. The van der Waals surface area contributed by atoms with Crippen LogP contribution in [0.25, 0.3) is 0 Å². The second kappa shape index (κ2) is 8.22. The van der Waals surface area contributed by atoms with E-state index < -0.39 is 0 Å². The van der Waals surface area contributed by atoms with E-state index in [0.29, 0.717) is 23.0 Å². The summed E-state index contributed by atoms with van der Waals surface area (Å²) in [7, 11) is 1.54. The fourth-order valence-corrected chi connectivity index (χ4v) is 2.71. The summed E-state index contributed by atoms with van der Waals surface area (Å²) in [5.74, 6) is 0.530. The van der Waals surface area contributed by atoms with Crippen LogP contribution < -0.4 is 15.4 Å². The van der Waals surface area contributed by atoms with Crippen molar-refractivity contribution in [2.45, 2.75) is 13.3 Å². The van der Waals surface area contributed by atoms with Gasteiger partial charge in [-0.25, -0.2) is 4.79 Å².